The number of ether oxygens (including phenoxy) is 1. The number of rotatable bonds is 5. The van der Waals surface area contributed by atoms with Crippen molar-refractivity contribution in [2.75, 3.05) is 6.54 Å². The summed E-state index contributed by atoms with van der Waals surface area (Å²) >= 11 is 0. The maximum Gasteiger partial charge on any atom is 0.306 e. The van der Waals surface area contributed by atoms with Gasteiger partial charge in [-0.3, -0.25) is 4.79 Å². The Morgan fingerprint density at radius 3 is 2.88 bits per heavy atom. The quantitative estimate of drug-likeness (QED) is 0.444. The standard InChI is InChI=1S/C13H23NO2/c14-11-7-6-10-13(15)16-12-8-4-2-1-3-5-9-12/h1-2,12H,3-11,14H2/b2-1+. The highest BCUT2D eigenvalue weighted by atomic mass is 16.5. The zero-order valence-electron chi connectivity index (χ0n) is 9.99. The van der Waals surface area contributed by atoms with Gasteiger partial charge in [0.15, 0.2) is 0 Å². The largest absolute Gasteiger partial charge is 0.462 e. The lowest BCUT2D eigenvalue weighted by molar-refractivity contribution is -0.149. The second kappa shape index (κ2) is 8.34. The third-order valence-corrected chi connectivity index (χ3v) is 2.85. The van der Waals surface area contributed by atoms with Crippen molar-refractivity contribution in [3.63, 3.8) is 0 Å². The molecule has 3 heteroatoms. The average Bonchev–Trinajstić information content (AvgIpc) is 2.22. The first kappa shape index (κ1) is 13.2. The lowest BCUT2D eigenvalue weighted by atomic mass is 10.0. The molecule has 0 fully saturated rings. The van der Waals surface area contributed by atoms with Crippen LogP contribution in [0.15, 0.2) is 12.2 Å². The van der Waals surface area contributed by atoms with Gasteiger partial charge in [0.05, 0.1) is 0 Å². The van der Waals surface area contributed by atoms with Crippen LogP contribution in [0, 0.1) is 0 Å². The third kappa shape index (κ3) is 5.91. The fourth-order valence-corrected chi connectivity index (χ4v) is 1.90. The molecular formula is C13H23NO2. The number of allylic oxidation sites excluding steroid dienone is 2. The van der Waals surface area contributed by atoms with Gasteiger partial charge >= 0.3 is 5.97 Å². The van der Waals surface area contributed by atoms with Gasteiger partial charge in [0.1, 0.15) is 6.10 Å². The summed E-state index contributed by atoms with van der Waals surface area (Å²) in [6.45, 7) is 0.654. The Labute approximate surface area is 98.0 Å². The number of carbonyl (C=O) groups excluding carboxylic acids is 1. The van der Waals surface area contributed by atoms with E-state index in [-0.39, 0.29) is 12.1 Å². The van der Waals surface area contributed by atoms with E-state index in [0.29, 0.717) is 13.0 Å². The average molecular weight is 225 g/mol. The lowest BCUT2D eigenvalue weighted by Crippen LogP contribution is -2.18. The first-order valence-corrected chi connectivity index (χ1v) is 6.37. The zero-order chi connectivity index (χ0) is 11.6. The van der Waals surface area contributed by atoms with Crippen LogP contribution in [0.5, 0.6) is 0 Å². The maximum atomic E-state index is 11.5. The van der Waals surface area contributed by atoms with Crippen molar-refractivity contribution in [2.24, 2.45) is 5.73 Å². The molecule has 0 aromatic carbocycles. The van der Waals surface area contributed by atoms with Crippen molar-refractivity contribution < 1.29 is 9.53 Å². The first-order chi connectivity index (χ1) is 7.83. The van der Waals surface area contributed by atoms with Crippen molar-refractivity contribution in [1.82, 2.24) is 0 Å². The maximum absolute atomic E-state index is 11.5. The summed E-state index contributed by atoms with van der Waals surface area (Å²) < 4.78 is 5.46. The van der Waals surface area contributed by atoms with Crippen molar-refractivity contribution in [1.29, 1.82) is 0 Å². The normalized spacial score (nSPS) is 23.2. The highest BCUT2D eigenvalue weighted by molar-refractivity contribution is 5.69. The number of hydrogen-bond acceptors (Lipinski definition) is 3. The summed E-state index contributed by atoms with van der Waals surface area (Å²) in [5.74, 6) is -0.0528. The SMILES string of the molecule is NCCCCC(=O)OC1CC/C=C/CCC1. The molecule has 1 atom stereocenters. The zero-order valence-corrected chi connectivity index (χ0v) is 9.99. The third-order valence-electron chi connectivity index (χ3n) is 2.85. The van der Waals surface area contributed by atoms with Crippen LogP contribution in [0.25, 0.3) is 0 Å². The molecule has 0 aromatic heterocycles. The van der Waals surface area contributed by atoms with Gasteiger partial charge in [-0.25, -0.2) is 0 Å². The molecule has 0 bridgehead atoms. The summed E-state index contributed by atoms with van der Waals surface area (Å²) in [6.07, 6.45) is 12.1. The van der Waals surface area contributed by atoms with E-state index in [9.17, 15) is 4.79 Å². The summed E-state index contributed by atoms with van der Waals surface area (Å²) in [4.78, 5) is 11.5. The van der Waals surface area contributed by atoms with Gasteiger partial charge in [0, 0.05) is 6.42 Å². The number of hydrogen-bond donors (Lipinski definition) is 1. The second-order valence-electron chi connectivity index (χ2n) is 4.34. The van der Waals surface area contributed by atoms with Crippen molar-refractivity contribution in [3.05, 3.63) is 12.2 Å². The van der Waals surface area contributed by atoms with Crippen molar-refractivity contribution in [3.8, 4) is 0 Å². The molecule has 1 unspecified atom stereocenters. The molecule has 1 aliphatic rings. The summed E-state index contributed by atoms with van der Waals surface area (Å²) in [7, 11) is 0. The molecule has 0 aromatic rings. The smallest absolute Gasteiger partial charge is 0.306 e. The minimum Gasteiger partial charge on any atom is -0.462 e. The molecule has 16 heavy (non-hydrogen) atoms. The summed E-state index contributed by atoms with van der Waals surface area (Å²) in [5, 5.41) is 0. The van der Waals surface area contributed by atoms with E-state index in [4.69, 9.17) is 10.5 Å². The molecule has 0 radical (unpaired) electrons. The van der Waals surface area contributed by atoms with Crippen LogP contribution in [0.3, 0.4) is 0 Å². The predicted octanol–water partition coefficient (Wildman–Crippen LogP) is 2.55. The Morgan fingerprint density at radius 1 is 1.25 bits per heavy atom. The number of esters is 1. The molecule has 92 valence electrons. The molecule has 1 rings (SSSR count). The topological polar surface area (TPSA) is 52.3 Å². The van der Waals surface area contributed by atoms with E-state index in [1.807, 2.05) is 0 Å². The van der Waals surface area contributed by atoms with Gasteiger partial charge in [0.2, 0.25) is 0 Å². The van der Waals surface area contributed by atoms with Crippen molar-refractivity contribution >= 4 is 5.97 Å². The molecule has 0 spiro atoms. The second-order valence-corrected chi connectivity index (χ2v) is 4.34. The van der Waals surface area contributed by atoms with Crippen LogP contribution < -0.4 is 5.73 Å². The number of unbranched alkanes of at least 4 members (excludes halogenated alkanes) is 1. The van der Waals surface area contributed by atoms with E-state index in [2.05, 4.69) is 12.2 Å². The lowest BCUT2D eigenvalue weighted by Gasteiger charge is -2.18. The van der Waals surface area contributed by atoms with Gasteiger partial charge in [0.25, 0.3) is 0 Å². The molecule has 2 N–H and O–H groups in total. The molecule has 0 aliphatic heterocycles. The van der Waals surface area contributed by atoms with E-state index in [0.717, 1.165) is 44.9 Å². The molecule has 0 saturated heterocycles. The first-order valence-electron chi connectivity index (χ1n) is 6.37. The Morgan fingerprint density at radius 2 is 2.06 bits per heavy atom. The van der Waals surface area contributed by atoms with E-state index >= 15 is 0 Å². The molecule has 0 heterocycles. The summed E-state index contributed by atoms with van der Waals surface area (Å²) in [6, 6.07) is 0. The van der Waals surface area contributed by atoms with Gasteiger partial charge in [-0.2, -0.15) is 0 Å². The Hall–Kier alpha value is -0.830. The number of nitrogens with two attached hydrogens (primary N) is 1. The molecule has 0 saturated carbocycles. The van der Waals surface area contributed by atoms with Crippen LogP contribution in [-0.2, 0) is 9.53 Å². The van der Waals surface area contributed by atoms with Crippen molar-refractivity contribution in [2.45, 2.75) is 57.5 Å². The molecule has 0 amide bonds. The Kier molecular flexibility index (Phi) is 6.90. The highest BCUT2D eigenvalue weighted by Crippen LogP contribution is 2.16. The van der Waals surface area contributed by atoms with Gasteiger partial charge in [-0.05, 0) is 51.5 Å². The Bertz CT molecular complexity index is 226. The van der Waals surface area contributed by atoms with Gasteiger partial charge < -0.3 is 10.5 Å². The fraction of sp³-hybridized carbons (Fsp3) is 0.769. The highest BCUT2D eigenvalue weighted by Gasteiger charge is 2.14. The minimum atomic E-state index is -0.0528. The van der Waals surface area contributed by atoms with E-state index in [1.54, 1.807) is 0 Å². The van der Waals surface area contributed by atoms with E-state index < -0.39 is 0 Å². The Balaban J connectivity index is 2.18. The van der Waals surface area contributed by atoms with E-state index in [1.165, 1.54) is 0 Å². The molecule has 1 aliphatic carbocycles. The van der Waals surface area contributed by atoms with Crippen LogP contribution in [0.4, 0.5) is 0 Å². The molecular weight excluding hydrogens is 202 g/mol. The van der Waals surface area contributed by atoms with Crippen LogP contribution in [0.2, 0.25) is 0 Å². The number of carbonyl (C=O) groups is 1. The molecule has 3 nitrogen and oxygen atoms in total. The van der Waals surface area contributed by atoms with Gasteiger partial charge in [-0.15, -0.1) is 0 Å². The summed E-state index contributed by atoms with van der Waals surface area (Å²) in [5.41, 5.74) is 5.38. The minimum absolute atomic E-state index is 0.0528. The predicted molar refractivity (Wildman–Crippen MR) is 65.0 cm³/mol. The van der Waals surface area contributed by atoms with Crippen LogP contribution >= 0.6 is 0 Å². The van der Waals surface area contributed by atoms with Gasteiger partial charge in [-0.1, -0.05) is 12.2 Å². The fourth-order valence-electron chi connectivity index (χ4n) is 1.90. The van der Waals surface area contributed by atoms with Crippen LogP contribution in [0.1, 0.15) is 51.4 Å². The monoisotopic (exact) mass is 225 g/mol. The van der Waals surface area contributed by atoms with Crippen LogP contribution in [-0.4, -0.2) is 18.6 Å².